The number of benzene rings is 2. The highest BCUT2D eigenvalue weighted by molar-refractivity contribution is 7.89. The van der Waals surface area contributed by atoms with E-state index in [9.17, 15) is 18.0 Å². The monoisotopic (exact) mass is 445 g/mol. The number of fused-ring (bicyclic) bond motifs is 1. The minimum absolute atomic E-state index is 0.116. The number of nitrogens with zero attached hydrogens (tertiary/aromatic N) is 2. The van der Waals surface area contributed by atoms with E-state index >= 15 is 0 Å². The van der Waals surface area contributed by atoms with Gasteiger partial charge in [0.2, 0.25) is 22.7 Å². The molecule has 10 heteroatoms. The molecule has 1 saturated heterocycles. The summed E-state index contributed by atoms with van der Waals surface area (Å²) >= 11 is 0. The van der Waals surface area contributed by atoms with Gasteiger partial charge in [-0.25, -0.2) is 8.42 Å². The largest absolute Gasteiger partial charge is 0.454 e. The number of carbonyl (C=O) groups excluding carboxylic acids is 2. The molecule has 2 aliphatic heterocycles. The third-order valence-electron chi connectivity index (χ3n) is 5.29. The fourth-order valence-electron chi connectivity index (χ4n) is 3.44. The average molecular weight is 445 g/mol. The Morgan fingerprint density at radius 1 is 0.968 bits per heavy atom. The highest BCUT2D eigenvalue weighted by atomic mass is 32.2. The van der Waals surface area contributed by atoms with E-state index in [4.69, 9.17) is 9.47 Å². The average Bonchev–Trinajstić information content (AvgIpc) is 3.25. The summed E-state index contributed by atoms with van der Waals surface area (Å²) in [6, 6.07) is 11.5. The quantitative estimate of drug-likeness (QED) is 0.736. The maximum Gasteiger partial charge on any atom is 0.251 e. The van der Waals surface area contributed by atoms with Crippen molar-refractivity contribution in [3.8, 4) is 11.5 Å². The smallest absolute Gasteiger partial charge is 0.251 e. The number of amides is 2. The summed E-state index contributed by atoms with van der Waals surface area (Å²) in [6.07, 6.45) is 0. The van der Waals surface area contributed by atoms with Gasteiger partial charge in [0.15, 0.2) is 11.5 Å². The van der Waals surface area contributed by atoms with Gasteiger partial charge in [0.1, 0.15) is 0 Å². The van der Waals surface area contributed by atoms with Gasteiger partial charge in [0, 0.05) is 31.7 Å². The fraction of sp³-hybridized carbons (Fsp3) is 0.333. The molecule has 164 valence electrons. The summed E-state index contributed by atoms with van der Waals surface area (Å²) in [5.41, 5.74) is 1.35. The lowest BCUT2D eigenvalue weighted by molar-refractivity contribution is -0.131. The first-order valence-corrected chi connectivity index (χ1v) is 11.3. The van der Waals surface area contributed by atoms with Crippen LogP contribution >= 0.6 is 0 Å². The van der Waals surface area contributed by atoms with E-state index in [1.54, 1.807) is 47.4 Å². The van der Waals surface area contributed by atoms with Crippen LogP contribution in [0.25, 0.3) is 0 Å². The van der Waals surface area contributed by atoms with Gasteiger partial charge in [-0.1, -0.05) is 17.7 Å². The van der Waals surface area contributed by atoms with E-state index in [-0.39, 0.29) is 50.3 Å². The van der Waals surface area contributed by atoms with Crippen LogP contribution in [0.15, 0.2) is 47.4 Å². The zero-order valence-corrected chi connectivity index (χ0v) is 17.9. The van der Waals surface area contributed by atoms with Gasteiger partial charge < -0.3 is 19.7 Å². The summed E-state index contributed by atoms with van der Waals surface area (Å²) in [5.74, 6) is 0.407. The molecule has 0 spiro atoms. The molecule has 2 aromatic rings. The van der Waals surface area contributed by atoms with Crippen LogP contribution in [0.1, 0.15) is 15.9 Å². The Bertz CT molecular complexity index is 1090. The Balaban J connectivity index is 1.29. The Kier molecular flexibility index (Phi) is 5.84. The molecule has 0 aromatic heterocycles. The van der Waals surface area contributed by atoms with Crippen molar-refractivity contribution in [3.63, 3.8) is 0 Å². The fourth-order valence-corrected chi connectivity index (χ4v) is 4.87. The zero-order chi connectivity index (χ0) is 22.0. The number of carbonyl (C=O) groups is 2. The minimum atomic E-state index is -3.59. The molecule has 2 amide bonds. The molecular formula is C21H23N3O6S. The first-order chi connectivity index (χ1) is 14.8. The normalized spacial score (nSPS) is 16.2. The Labute approximate surface area is 180 Å². The highest BCUT2D eigenvalue weighted by Crippen LogP contribution is 2.32. The molecule has 2 aromatic carbocycles. The molecule has 2 aliphatic rings. The Morgan fingerprint density at radius 3 is 2.35 bits per heavy atom. The van der Waals surface area contributed by atoms with Crippen molar-refractivity contribution in [2.75, 3.05) is 39.5 Å². The number of piperazine rings is 1. The van der Waals surface area contributed by atoms with Crippen LogP contribution < -0.4 is 14.8 Å². The van der Waals surface area contributed by atoms with Gasteiger partial charge in [-0.05, 0) is 37.3 Å². The molecule has 4 rings (SSSR count). The second-order valence-electron chi connectivity index (χ2n) is 7.35. The molecule has 9 nitrogen and oxygen atoms in total. The molecule has 0 unspecified atom stereocenters. The number of nitrogens with one attached hydrogen (secondary N) is 1. The molecule has 0 radical (unpaired) electrons. The van der Waals surface area contributed by atoms with E-state index in [1.807, 2.05) is 6.92 Å². The van der Waals surface area contributed by atoms with Gasteiger partial charge in [0.05, 0.1) is 11.4 Å². The predicted octanol–water partition coefficient (Wildman–Crippen LogP) is 0.987. The van der Waals surface area contributed by atoms with E-state index in [0.717, 1.165) is 5.56 Å². The second-order valence-corrected chi connectivity index (χ2v) is 9.29. The Morgan fingerprint density at radius 2 is 1.65 bits per heavy atom. The highest BCUT2D eigenvalue weighted by Gasteiger charge is 2.30. The summed E-state index contributed by atoms with van der Waals surface area (Å²) < 4.78 is 37.4. The summed E-state index contributed by atoms with van der Waals surface area (Å²) in [7, 11) is -3.59. The molecule has 1 N–H and O–H groups in total. The molecular weight excluding hydrogens is 422 g/mol. The lowest BCUT2D eigenvalue weighted by atomic mass is 10.2. The lowest BCUT2D eigenvalue weighted by Gasteiger charge is -2.34. The maximum absolute atomic E-state index is 12.8. The van der Waals surface area contributed by atoms with Crippen molar-refractivity contribution in [2.45, 2.75) is 11.8 Å². The van der Waals surface area contributed by atoms with Crippen molar-refractivity contribution in [1.29, 1.82) is 0 Å². The van der Waals surface area contributed by atoms with Crippen molar-refractivity contribution < 1.29 is 27.5 Å². The SMILES string of the molecule is Cc1ccc(S(=O)(=O)N2CCN(C(=O)CNC(=O)c3ccc4c(c3)OCO4)CC2)cc1. The van der Waals surface area contributed by atoms with Crippen molar-refractivity contribution >= 4 is 21.8 Å². The molecule has 31 heavy (non-hydrogen) atoms. The number of rotatable bonds is 5. The van der Waals surface area contributed by atoms with E-state index in [0.29, 0.717) is 17.1 Å². The summed E-state index contributed by atoms with van der Waals surface area (Å²) in [5, 5.41) is 2.60. The molecule has 1 fully saturated rings. The third kappa shape index (κ3) is 4.49. The van der Waals surface area contributed by atoms with Gasteiger partial charge in [-0.2, -0.15) is 4.31 Å². The van der Waals surface area contributed by atoms with Crippen LogP contribution in [0.5, 0.6) is 11.5 Å². The van der Waals surface area contributed by atoms with Crippen LogP contribution in [0, 0.1) is 6.92 Å². The molecule has 2 heterocycles. The topological polar surface area (TPSA) is 105 Å². The van der Waals surface area contributed by atoms with Crippen LogP contribution in [0.3, 0.4) is 0 Å². The standard InChI is InChI=1S/C21H23N3O6S/c1-15-2-5-17(6-3-15)31(27,28)24-10-8-23(9-11-24)20(25)13-22-21(26)16-4-7-18-19(12-16)30-14-29-18/h2-7,12H,8-11,13-14H2,1H3,(H,22,26). The molecule has 0 saturated carbocycles. The summed E-state index contributed by atoms with van der Waals surface area (Å²) in [6.45, 7) is 2.79. The van der Waals surface area contributed by atoms with Crippen LogP contribution in [0.2, 0.25) is 0 Å². The lowest BCUT2D eigenvalue weighted by Crippen LogP contribution is -2.52. The number of sulfonamides is 1. The minimum Gasteiger partial charge on any atom is -0.454 e. The van der Waals surface area contributed by atoms with E-state index in [1.165, 1.54) is 4.31 Å². The maximum atomic E-state index is 12.8. The van der Waals surface area contributed by atoms with Gasteiger partial charge >= 0.3 is 0 Å². The van der Waals surface area contributed by atoms with E-state index < -0.39 is 15.9 Å². The van der Waals surface area contributed by atoms with Crippen molar-refractivity contribution in [1.82, 2.24) is 14.5 Å². The predicted molar refractivity (Wildman–Crippen MR) is 111 cm³/mol. The number of aryl methyl sites for hydroxylation is 1. The van der Waals surface area contributed by atoms with Gasteiger partial charge in [-0.15, -0.1) is 0 Å². The zero-order valence-electron chi connectivity index (χ0n) is 17.0. The molecule has 0 bridgehead atoms. The Hall–Kier alpha value is -3.11. The van der Waals surface area contributed by atoms with Crippen molar-refractivity contribution in [2.24, 2.45) is 0 Å². The number of ether oxygens (including phenoxy) is 2. The van der Waals surface area contributed by atoms with Crippen LogP contribution in [-0.4, -0.2) is 69.0 Å². The first kappa shape index (κ1) is 21.1. The number of hydrogen-bond donors (Lipinski definition) is 1. The van der Waals surface area contributed by atoms with Crippen molar-refractivity contribution in [3.05, 3.63) is 53.6 Å². The summed E-state index contributed by atoms with van der Waals surface area (Å²) in [4.78, 5) is 26.6. The second kappa shape index (κ2) is 8.56. The van der Waals surface area contributed by atoms with Gasteiger partial charge in [-0.3, -0.25) is 9.59 Å². The van der Waals surface area contributed by atoms with E-state index in [2.05, 4.69) is 5.32 Å². The number of hydrogen-bond acceptors (Lipinski definition) is 6. The molecule has 0 atom stereocenters. The third-order valence-corrected chi connectivity index (χ3v) is 7.20. The molecule has 0 aliphatic carbocycles. The van der Waals surface area contributed by atoms with Crippen LogP contribution in [0.4, 0.5) is 0 Å². The van der Waals surface area contributed by atoms with Gasteiger partial charge in [0.25, 0.3) is 5.91 Å². The van der Waals surface area contributed by atoms with Crippen LogP contribution in [-0.2, 0) is 14.8 Å². The first-order valence-electron chi connectivity index (χ1n) is 9.87.